The lowest BCUT2D eigenvalue weighted by Crippen LogP contribution is -2.32. The summed E-state index contributed by atoms with van der Waals surface area (Å²) in [7, 11) is -7.92. The molecule has 0 aromatic heterocycles. The topological polar surface area (TPSA) is 95.3 Å². The van der Waals surface area contributed by atoms with Gasteiger partial charge in [-0.15, -0.1) is 0 Å². The molecule has 0 N–H and O–H groups in total. The molecule has 1 rings (SSSR count). The monoisotopic (exact) mass is 320 g/mol. The van der Waals surface area contributed by atoms with E-state index >= 15 is 0 Å². The Bertz CT molecular complexity index is 751. The molecule has 0 heterocycles. The maximum absolute atomic E-state index is 13.7. The molecule has 0 bridgehead atoms. The van der Waals surface area contributed by atoms with Gasteiger partial charge in [-0.1, -0.05) is 6.92 Å². The van der Waals surface area contributed by atoms with Gasteiger partial charge in [0.15, 0.2) is 9.84 Å². The zero-order valence-corrected chi connectivity index (χ0v) is 12.5. The van der Waals surface area contributed by atoms with Crippen molar-refractivity contribution >= 4 is 19.9 Å². The lowest BCUT2D eigenvalue weighted by atomic mass is 10.3. The van der Waals surface area contributed by atoms with Crippen molar-refractivity contribution in [1.29, 1.82) is 5.26 Å². The highest BCUT2D eigenvalue weighted by atomic mass is 32.2. The quantitative estimate of drug-likeness (QED) is 0.589. The Morgan fingerprint density at radius 2 is 1.90 bits per heavy atom. The molecule has 110 valence electrons. The molecule has 20 heavy (non-hydrogen) atoms. The molecule has 0 spiro atoms. The second-order valence-corrected chi connectivity index (χ2v) is 7.88. The zero-order valence-electron chi connectivity index (χ0n) is 10.9. The summed E-state index contributed by atoms with van der Waals surface area (Å²) >= 11 is 0. The van der Waals surface area contributed by atoms with Gasteiger partial charge in [0, 0.05) is 12.8 Å². The van der Waals surface area contributed by atoms with Crippen LogP contribution < -0.4 is 0 Å². The van der Waals surface area contributed by atoms with Crippen LogP contribution in [0.25, 0.3) is 0 Å². The molecular formula is C11H13FN2O4S2. The van der Waals surface area contributed by atoms with Crippen LogP contribution in [-0.2, 0) is 19.9 Å². The van der Waals surface area contributed by atoms with Crippen LogP contribution in [-0.4, -0.2) is 40.5 Å². The van der Waals surface area contributed by atoms with Gasteiger partial charge in [-0.2, -0.15) is 9.57 Å². The molecule has 0 unspecified atom stereocenters. The van der Waals surface area contributed by atoms with E-state index in [4.69, 9.17) is 5.26 Å². The summed E-state index contributed by atoms with van der Waals surface area (Å²) < 4.78 is 61.7. The van der Waals surface area contributed by atoms with Gasteiger partial charge in [0.25, 0.3) is 0 Å². The van der Waals surface area contributed by atoms with Crippen LogP contribution in [0.2, 0.25) is 0 Å². The maximum Gasteiger partial charge on any atom is 0.246 e. The summed E-state index contributed by atoms with van der Waals surface area (Å²) in [4.78, 5) is -1.05. The summed E-state index contributed by atoms with van der Waals surface area (Å²) in [6.07, 6.45) is 0.892. The van der Waals surface area contributed by atoms with E-state index in [1.165, 1.54) is 6.92 Å². The van der Waals surface area contributed by atoms with Crippen LogP contribution in [0.15, 0.2) is 28.0 Å². The number of sulfone groups is 1. The number of sulfonamides is 1. The normalized spacial score (nSPS) is 12.3. The second kappa shape index (κ2) is 5.87. The summed E-state index contributed by atoms with van der Waals surface area (Å²) in [5.41, 5.74) is 0. The van der Waals surface area contributed by atoms with Gasteiger partial charge in [-0.05, 0) is 18.2 Å². The fourth-order valence-corrected chi connectivity index (χ4v) is 3.65. The number of nitrogens with zero attached hydrogens (tertiary/aromatic N) is 2. The van der Waals surface area contributed by atoms with E-state index in [1.54, 1.807) is 6.07 Å². The van der Waals surface area contributed by atoms with Crippen molar-refractivity contribution in [2.24, 2.45) is 0 Å². The van der Waals surface area contributed by atoms with E-state index in [9.17, 15) is 21.2 Å². The van der Waals surface area contributed by atoms with Crippen molar-refractivity contribution in [2.45, 2.75) is 16.7 Å². The first kappa shape index (κ1) is 16.6. The van der Waals surface area contributed by atoms with E-state index in [0.29, 0.717) is 0 Å². The highest BCUT2D eigenvalue weighted by molar-refractivity contribution is 7.91. The minimum Gasteiger partial charge on any atom is -0.224 e. The van der Waals surface area contributed by atoms with E-state index < -0.39 is 37.1 Å². The van der Waals surface area contributed by atoms with Gasteiger partial charge in [-0.3, -0.25) is 0 Å². The third-order valence-electron chi connectivity index (χ3n) is 2.55. The Morgan fingerprint density at radius 3 is 2.35 bits per heavy atom. The molecule has 0 amide bonds. The lowest BCUT2D eigenvalue weighted by Gasteiger charge is -2.17. The molecule has 1 aromatic carbocycles. The standard InChI is InChI=1S/C11H13FN2O4S2/c1-3-14(7-6-13)20(17,18)11-8-9(19(2,15)16)4-5-10(11)12/h4-5,8H,3,7H2,1-2H3. The third kappa shape index (κ3) is 3.33. The van der Waals surface area contributed by atoms with Gasteiger partial charge < -0.3 is 0 Å². The Morgan fingerprint density at radius 1 is 1.30 bits per heavy atom. The molecule has 0 atom stereocenters. The van der Waals surface area contributed by atoms with Crippen LogP contribution in [0.1, 0.15) is 6.92 Å². The molecule has 1 aromatic rings. The van der Waals surface area contributed by atoms with Crippen molar-refractivity contribution < 1.29 is 21.2 Å². The van der Waals surface area contributed by atoms with E-state index in [2.05, 4.69) is 0 Å². The predicted octanol–water partition coefficient (Wildman–Crippen LogP) is 0.763. The number of benzene rings is 1. The molecule has 0 radical (unpaired) electrons. The number of hydrogen-bond acceptors (Lipinski definition) is 5. The average Bonchev–Trinajstić information content (AvgIpc) is 2.34. The number of nitriles is 1. The molecule has 0 aliphatic carbocycles. The minimum atomic E-state index is -4.26. The van der Waals surface area contributed by atoms with Gasteiger partial charge in [0.2, 0.25) is 10.0 Å². The highest BCUT2D eigenvalue weighted by Gasteiger charge is 2.27. The van der Waals surface area contributed by atoms with Crippen LogP contribution in [0.5, 0.6) is 0 Å². The van der Waals surface area contributed by atoms with E-state index in [1.807, 2.05) is 0 Å². The van der Waals surface area contributed by atoms with Crippen LogP contribution in [0, 0.1) is 17.1 Å². The fraction of sp³-hybridized carbons (Fsp3) is 0.364. The van der Waals surface area contributed by atoms with Crippen LogP contribution >= 0.6 is 0 Å². The highest BCUT2D eigenvalue weighted by Crippen LogP contribution is 2.22. The Kier molecular flexibility index (Phi) is 4.86. The molecular weight excluding hydrogens is 307 g/mol. The summed E-state index contributed by atoms with van der Waals surface area (Å²) in [6, 6.07) is 4.20. The van der Waals surface area contributed by atoms with Gasteiger partial charge in [-0.25, -0.2) is 21.2 Å². The number of rotatable bonds is 5. The molecule has 9 heteroatoms. The molecule has 0 saturated heterocycles. The Balaban J connectivity index is 3.50. The Labute approximate surface area is 117 Å². The fourth-order valence-electron chi connectivity index (χ4n) is 1.50. The average molecular weight is 320 g/mol. The van der Waals surface area contributed by atoms with Crippen LogP contribution in [0.4, 0.5) is 4.39 Å². The van der Waals surface area contributed by atoms with Crippen LogP contribution in [0.3, 0.4) is 0 Å². The van der Waals surface area contributed by atoms with Crippen molar-refractivity contribution in [1.82, 2.24) is 4.31 Å². The summed E-state index contributed by atoms with van der Waals surface area (Å²) in [6.45, 7) is 1.02. The molecule has 6 nitrogen and oxygen atoms in total. The number of hydrogen-bond donors (Lipinski definition) is 0. The summed E-state index contributed by atoms with van der Waals surface area (Å²) in [5.74, 6) is -1.06. The first-order valence-electron chi connectivity index (χ1n) is 5.51. The molecule has 0 aliphatic rings. The van der Waals surface area contributed by atoms with Crippen molar-refractivity contribution in [3.05, 3.63) is 24.0 Å². The van der Waals surface area contributed by atoms with E-state index in [-0.39, 0.29) is 11.4 Å². The Hall–Kier alpha value is -1.50. The van der Waals surface area contributed by atoms with Gasteiger partial charge in [0.1, 0.15) is 17.3 Å². The lowest BCUT2D eigenvalue weighted by molar-refractivity contribution is 0.455. The summed E-state index contributed by atoms with van der Waals surface area (Å²) in [5, 5.41) is 8.59. The smallest absolute Gasteiger partial charge is 0.224 e. The molecule has 0 aliphatic heterocycles. The zero-order chi connectivity index (χ0) is 15.6. The molecule has 0 saturated carbocycles. The van der Waals surface area contributed by atoms with Gasteiger partial charge >= 0.3 is 0 Å². The maximum atomic E-state index is 13.7. The first-order valence-corrected chi connectivity index (χ1v) is 8.84. The predicted molar refractivity (Wildman–Crippen MR) is 69.6 cm³/mol. The molecule has 0 fully saturated rings. The third-order valence-corrected chi connectivity index (χ3v) is 5.59. The van der Waals surface area contributed by atoms with Crippen molar-refractivity contribution in [2.75, 3.05) is 19.3 Å². The minimum absolute atomic E-state index is 0.0293. The van der Waals surface area contributed by atoms with Gasteiger partial charge in [0.05, 0.1) is 11.0 Å². The van der Waals surface area contributed by atoms with Crippen molar-refractivity contribution in [3.8, 4) is 6.07 Å². The number of halogens is 1. The van der Waals surface area contributed by atoms with Crippen molar-refractivity contribution in [3.63, 3.8) is 0 Å². The van der Waals surface area contributed by atoms with E-state index in [0.717, 1.165) is 28.8 Å². The largest absolute Gasteiger partial charge is 0.246 e. The SMILES string of the molecule is CCN(CC#N)S(=O)(=O)c1cc(S(C)(=O)=O)ccc1F. The first-order chi connectivity index (χ1) is 9.14. The second-order valence-electron chi connectivity index (χ2n) is 3.95.